The van der Waals surface area contributed by atoms with Crippen LogP contribution in [-0.4, -0.2) is 85.9 Å². The number of carbonyl (C=O) groups is 2. The number of hydrogen-bond acceptors (Lipinski definition) is 7. The number of nitrogens with one attached hydrogen (secondary N) is 1. The van der Waals surface area contributed by atoms with Crippen molar-refractivity contribution in [1.82, 2.24) is 9.80 Å². The molecule has 0 aromatic heterocycles. The quantitative estimate of drug-likeness (QED) is 0.554. The summed E-state index contributed by atoms with van der Waals surface area (Å²) in [4.78, 5) is 28.4. The third kappa shape index (κ3) is 9.18. The lowest BCUT2D eigenvalue weighted by Crippen LogP contribution is -2.41. The van der Waals surface area contributed by atoms with Crippen molar-refractivity contribution in [3.05, 3.63) is 23.8 Å². The summed E-state index contributed by atoms with van der Waals surface area (Å²) in [5.74, 6) is -0.969. The summed E-state index contributed by atoms with van der Waals surface area (Å²) >= 11 is 0. The predicted molar refractivity (Wildman–Crippen MR) is 117 cm³/mol. The molecule has 1 amide bonds. The molecule has 0 radical (unpaired) electrons. The zero-order chi connectivity index (χ0) is 19.6. The Bertz CT molecular complexity index is 638. The summed E-state index contributed by atoms with van der Waals surface area (Å²) in [6, 6.07) is 4.40. The second kappa shape index (κ2) is 14.4. The highest BCUT2D eigenvalue weighted by atomic mass is 35.5. The molecule has 8 nitrogen and oxygen atoms in total. The topological polar surface area (TPSA) is 91.3 Å². The number of hydrogen-bond donors (Lipinski definition) is 2. The van der Waals surface area contributed by atoms with E-state index in [9.17, 15) is 14.7 Å². The Morgan fingerprint density at radius 1 is 1.21 bits per heavy atom. The van der Waals surface area contributed by atoms with Crippen LogP contribution in [0.5, 0.6) is 5.75 Å². The fraction of sp³-hybridized carbons (Fsp3) is 0.579. The van der Waals surface area contributed by atoms with Gasteiger partial charge in [-0.15, -0.1) is 24.8 Å². The largest absolute Gasteiger partial charge is 0.507 e. The van der Waals surface area contributed by atoms with Crippen LogP contribution in [0.25, 0.3) is 0 Å². The van der Waals surface area contributed by atoms with Gasteiger partial charge in [-0.05, 0) is 25.2 Å². The second-order valence-corrected chi connectivity index (χ2v) is 6.33. The zero-order valence-corrected chi connectivity index (χ0v) is 18.5. The third-order valence-electron chi connectivity index (χ3n) is 4.51. The Hall–Kier alpha value is -1.58. The SMILES string of the molecule is CCN(CC)CCOC(=O)c1ccc(NC(=O)CN2CCOCC2)cc1O.Cl.Cl. The molecule has 1 aromatic carbocycles. The number of halogens is 2. The number of phenolic OH excluding ortho intramolecular Hbond substituents is 1. The van der Waals surface area contributed by atoms with Gasteiger partial charge in [0.25, 0.3) is 0 Å². The van der Waals surface area contributed by atoms with E-state index in [-0.39, 0.29) is 55.2 Å². The third-order valence-corrected chi connectivity index (χ3v) is 4.51. The van der Waals surface area contributed by atoms with E-state index in [0.717, 1.165) is 26.2 Å². The van der Waals surface area contributed by atoms with Crippen LogP contribution in [0.3, 0.4) is 0 Å². The number of nitrogens with zero attached hydrogens (tertiary/aromatic N) is 2. The summed E-state index contributed by atoms with van der Waals surface area (Å²) in [5.41, 5.74) is 0.520. The van der Waals surface area contributed by atoms with Crippen LogP contribution in [-0.2, 0) is 14.3 Å². The molecule has 29 heavy (non-hydrogen) atoms. The monoisotopic (exact) mass is 451 g/mol. The minimum atomic E-state index is -0.578. The van der Waals surface area contributed by atoms with Crippen LogP contribution in [0.1, 0.15) is 24.2 Å². The first-order valence-corrected chi connectivity index (χ1v) is 9.36. The van der Waals surface area contributed by atoms with Gasteiger partial charge in [0.05, 0.1) is 19.8 Å². The molecule has 0 saturated carbocycles. The molecule has 1 aliphatic rings. The summed E-state index contributed by atoms with van der Waals surface area (Å²) < 4.78 is 10.5. The van der Waals surface area contributed by atoms with Gasteiger partial charge in [0.1, 0.15) is 17.9 Å². The van der Waals surface area contributed by atoms with Crippen LogP contribution in [0.2, 0.25) is 0 Å². The molecule has 2 rings (SSSR count). The van der Waals surface area contributed by atoms with Gasteiger partial charge in [0.2, 0.25) is 5.91 Å². The number of ether oxygens (including phenoxy) is 2. The highest BCUT2D eigenvalue weighted by molar-refractivity contribution is 5.96. The van der Waals surface area contributed by atoms with Crippen molar-refractivity contribution in [1.29, 1.82) is 0 Å². The predicted octanol–water partition coefficient (Wildman–Crippen LogP) is 2.01. The number of benzene rings is 1. The maximum absolute atomic E-state index is 12.1. The molecule has 1 saturated heterocycles. The number of esters is 1. The van der Waals surface area contributed by atoms with Gasteiger partial charge in [0.15, 0.2) is 0 Å². The van der Waals surface area contributed by atoms with Crippen molar-refractivity contribution in [3.63, 3.8) is 0 Å². The fourth-order valence-corrected chi connectivity index (χ4v) is 2.83. The lowest BCUT2D eigenvalue weighted by molar-refractivity contribution is -0.118. The molecule has 0 unspecified atom stereocenters. The molecule has 2 N–H and O–H groups in total. The lowest BCUT2D eigenvalue weighted by Gasteiger charge is -2.25. The highest BCUT2D eigenvalue weighted by Crippen LogP contribution is 2.23. The molecule has 0 bridgehead atoms. The molecule has 0 aliphatic carbocycles. The number of amides is 1. The van der Waals surface area contributed by atoms with Gasteiger partial charge >= 0.3 is 5.97 Å². The fourth-order valence-electron chi connectivity index (χ4n) is 2.83. The van der Waals surface area contributed by atoms with E-state index in [4.69, 9.17) is 9.47 Å². The van der Waals surface area contributed by atoms with E-state index < -0.39 is 5.97 Å². The number of morpholine rings is 1. The minimum Gasteiger partial charge on any atom is -0.507 e. The average molecular weight is 452 g/mol. The van der Waals surface area contributed by atoms with Crippen molar-refractivity contribution >= 4 is 42.4 Å². The van der Waals surface area contributed by atoms with Crippen LogP contribution in [0, 0.1) is 0 Å². The van der Waals surface area contributed by atoms with Crippen LogP contribution < -0.4 is 5.32 Å². The van der Waals surface area contributed by atoms with E-state index in [1.54, 1.807) is 6.07 Å². The molecule has 1 fully saturated rings. The lowest BCUT2D eigenvalue weighted by atomic mass is 10.2. The molecular weight excluding hydrogens is 421 g/mol. The number of phenols is 1. The van der Waals surface area contributed by atoms with E-state index in [2.05, 4.69) is 10.2 Å². The first kappa shape index (κ1) is 27.4. The van der Waals surface area contributed by atoms with Gasteiger partial charge < -0.3 is 24.8 Å². The molecular formula is C19H31Cl2N3O5. The molecule has 1 aliphatic heterocycles. The summed E-state index contributed by atoms with van der Waals surface area (Å²) in [6.07, 6.45) is 0. The summed E-state index contributed by atoms with van der Waals surface area (Å²) in [5, 5.41) is 12.8. The number of likely N-dealkylation sites (N-methyl/N-ethyl adjacent to an activating group) is 1. The van der Waals surface area contributed by atoms with Crippen molar-refractivity contribution in [2.45, 2.75) is 13.8 Å². The van der Waals surface area contributed by atoms with E-state index in [1.807, 2.05) is 18.7 Å². The van der Waals surface area contributed by atoms with Crippen molar-refractivity contribution in [2.24, 2.45) is 0 Å². The average Bonchev–Trinajstić information content (AvgIpc) is 2.66. The molecule has 166 valence electrons. The zero-order valence-electron chi connectivity index (χ0n) is 16.9. The number of rotatable bonds is 9. The molecule has 1 heterocycles. The van der Waals surface area contributed by atoms with Gasteiger partial charge in [0, 0.05) is 31.4 Å². The molecule has 10 heteroatoms. The molecule has 0 spiro atoms. The molecule has 1 aromatic rings. The smallest absolute Gasteiger partial charge is 0.341 e. The van der Waals surface area contributed by atoms with Gasteiger partial charge in [-0.25, -0.2) is 4.79 Å². The van der Waals surface area contributed by atoms with Crippen LogP contribution in [0.4, 0.5) is 5.69 Å². The van der Waals surface area contributed by atoms with Crippen LogP contribution >= 0.6 is 24.8 Å². The Kier molecular flexibility index (Phi) is 13.6. The van der Waals surface area contributed by atoms with Crippen LogP contribution in [0.15, 0.2) is 18.2 Å². The van der Waals surface area contributed by atoms with E-state index in [0.29, 0.717) is 25.4 Å². The van der Waals surface area contributed by atoms with Gasteiger partial charge in [-0.3, -0.25) is 9.69 Å². The number of aromatic hydroxyl groups is 1. The van der Waals surface area contributed by atoms with E-state index in [1.165, 1.54) is 12.1 Å². The highest BCUT2D eigenvalue weighted by Gasteiger charge is 2.16. The Balaban J connectivity index is 0.00000392. The second-order valence-electron chi connectivity index (χ2n) is 6.33. The maximum Gasteiger partial charge on any atom is 0.341 e. The van der Waals surface area contributed by atoms with Crippen molar-refractivity contribution < 1.29 is 24.2 Å². The van der Waals surface area contributed by atoms with Gasteiger partial charge in [-0.1, -0.05) is 13.8 Å². The number of carbonyl (C=O) groups excluding carboxylic acids is 2. The first-order valence-electron chi connectivity index (χ1n) is 9.36. The van der Waals surface area contributed by atoms with E-state index >= 15 is 0 Å². The Morgan fingerprint density at radius 2 is 1.86 bits per heavy atom. The summed E-state index contributed by atoms with van der Waals surface area (Å²) in [7, 11) is 0. The Morgan fingerprint density at radius 3 is 2.45 bits per heavy atom. The standard InChI is InChI=1S/C19H29N3O5.2ClH/c1-3-21(4-2)9-12-27-19(25)16-6-5-15(13-17(16)23)20-18(24)14-22-7-10-26-11-8-22;;/h5-6,13,23H,3-4,7-12,14H2,1-2H3,(H,20,24);2*1H. The first-order chi connectivity index (χ1) is 13.0. The summed E-state index contributed by atoms with van der Waals surface area (Å²) in [6.45, 7) is 9.72. The van der Waals surface area contributed by atoms with Gasteiger partial charge in [-0.2, -0.15) is 0 Å². The van der Waals surface area contributed by atoms with Crippen molar-refractivity contribution in [3.8, 4) is 5.75 Å². The Labute approximate surface area is 184 Å². The minimum absolute atomic E-state index is 0. The number of anilines is 1. The van der Waals surface area contributed by atoms with Crippen molar-refractivity contribution in [2.75, 3.05) is 64.4 Å². The molecule has 0 atom stereocenters. The maximum atomic E-state index is 12.1. The normalized spacial score (nSPS) is 13.9.